The lowest BCUT2D eigenvalue weighted by molar-refractivity contribution is 0.463. The third-order valence-electron chi connectivity index (χ3n) is 2.59. The van der Waals surface area contributed by atoms with E-state index in [1.165, 1.54) is 11.3 Å². The lowest BCUT2D eigenvalue weighted by Crippen LogP contribution is -2.22. The zero-order valence-corrected chi connectivity index (χ0v) is 13.9. The second kappa shape index (κ2) is 5.35. The van der Waals surface area contributed by atoms with Gasteiger partial charge in [0.25, 0.3) is 10.0 Å². The van der Waals surface area contributed by atoms with Crippen LogP contribution in [0.1, 0.15) is 22.9 Å². The molecule has 0 saturated carbocycles. The number of aromatic nitrogens is 1. The van der Waals surface area contributed by atoms with Crippen molar-refractivity contribution < 1.29 is 12.8 Å². The van der Waals surface area contributed by atoms with Crippen LogP contribution in [0.2, 0.25) is 0 Å². The van der Waals surface area contributed by atoms with Crippen LogP contribution in [0.15, 0.2) is 18.5 Å². The third-order valence-corrected chi connectivity index (χ3v) is 6.60. The summed E-state index contributed by atoms with van der Waals surface area (Å²) in [7, 11) is -3.53. The Morgan fingerprint density at radius 1 is 1.42 bits per heavy atom. The summed E-state index contributed by atoms with van der Waals surface area (Å²) in [5, 5.41) is 0. The van der Waals surface area contributed by atoms with Crippen LogP contribution >= 0.6 is 27.3 Å². The molecular weight excluding hydrogens is 352 g/mol. The third kappa shape index (κ3) is 3.25. The van der Waals surface area contributed by atoms with E-state index in [-0.39, 0.29) is 10.8 Å². The predicted octanol–water partition coefficient (Wildman–Crippen LogP) is 2.90. The Balaban J connectivity index is 2.14. The topological polar surface area (TPSA) is 72.2 Å². The Labute approximate surface area is 124 Å². The lowest BCUT2D eigenvalue weighted by atomic mass is 10.4. The molecule has 0 amide bonds. The molecule has 0 spiro atoms. The highest BCUT2D eigenvalue weighted by molar-refractivity contribution is 9.11. The summed E-state index contributed by atoms with van der Waals surface area (Å²) in [5.74, 6) is 1.06. The fourth-order valence-corrected chi connectivity index (χ4v) is 4.65. The molecule has 0 aromatic carbocycles. The average Bonchev–Trinajstić information content (AvgIpc) is 2.82. The van der Waals surface area contributed by atoms with Gasteiger partial charge in [-0.3, -0.25) is 0 Å². The molecule has 0 aliphatic heterocycles. The summed E-state index contributed by atoms with van der Waals surface area (Å²) in [6.07, 6.45) is 0. The van der Waals surface area contributed by atoms with Crippen LogP contribution < -0.4 is 4.72 Å². The van der Waals surface area contributed by atoms with Crippen molar-refractivity contribution in [2.75, 3.05) is 0 Å². The molecule has 2 rings (SSSR count). The summed E-state index contributed by atoms with van der Waals surface area (Å²) in [4.78, 5) is 4.13. The molecule has 2 aromatic heterocycles. The fraction of sp³-hybridized carbons (Fsp3) is 0.364. The number of thiophene rings is 1. The van der Waals surface area contributed by atoms with E-state index in [0.717, 1.165) is 15.0 Å². The summed E-state index contributed by atoms with van der Waals surface area (Å²) >= 11 is 4.49. The number of halogens is 1. The summed E-state index contributed by atoms with van der Waals surface area (Å²) in [6.45, 7) is 5.50. The fourth-order valence-electron chi connectivity index (χ4n) is 1.41. The summed E-state index contributed by atoms with van der Waals surface area (Å²) in [6, 6.07) is 1.63. The molecule has 0 radical (unpaired) electrons. The van der Waals surface area contributed by atoms with E-state index >= 15 is 0 Å². The van der Waals surface area contributed by atoms with Gasteiger partial charge in [-0.1, -0.05) is 0 Å². The molecule has 1 N–H and O–H groups in total. The van der Waals surface area contributed by atoms with E-state index in [0.29, 0.717) is 11.7 Å². The molecule has 0 saturated heterocycles. The van der Waals surface area contributed by atoms with Gasteiger partial charge in [0.1, 0.15) is 9.97 Å². The number of aryl methyl sites for hydroxylation is 3. The zero-order valence-electron chi connectivity index (χ0n) is 10.7. The van der Waals surface area contributed by atoms with E-state index in [4.69, 9.17) is 4.42 Å². The van der Waals surface area contributed by atoms with Crippen LogP contribution in [-0.2, 0) is 16.6 Å². The molecule has 5 nitrogen and oxygen atoms in total. The largest absolute Gasteiger partial charge is 0.444 e. The molecule has 0 atom stereocenters. The standard InChI is InChI=1S/C11H13BrN2O3S2/c1-6-4-10(18-11(6)12)19(15,16)13-5-9-14-7(2)8(3)17-9/h4,13H,5H2,1-3H3. The monoisotopic (exact) mass is 364 g/mol. The van der Waals surface area contributed by atoms with Gasteiger partial charge in [-0.15, -0.1) is 11.3 Å². The number of rotatable bonds is 4. The molecule has 0 fully saturated rings. The molecule has 0 unspecified atom stereocenters. The minimum absolute atomic E-state index is 0.0472. The van der Waals surface area contributed by atoms with E-state index < -0.39 is 10.0 Å². The second-order valence-electron chi connectivity index (χ2n) is 4.10. The number of sulfonamides is 1. The van der Waals surface area contributed by atoms with E-state index in [9.17, 15) is 8.42 Å². The van der Waals surface area contributed by atoms with Gasteiger partial charge in [0.2, 0.25) is 5.89 Å². The molecule has 8 heteroatoms. The van der Waals surface area contributed by atoms with Crippen molar-refractivity contribution in [2.45, 2.75) is 31.5 Å². The molecule has 0 bridgehead atoms. The number of oxazole rings is 1. The van der Waals surface area contributed by atoms with Gasteiger partial charge in [0, 0.05) is 0 Å². The van der Waals surface area contributed by atoms with Crippen LogP contribution in [0.5, 0.6) is 0 Å². The second-order valence-corrected chi connectivity index (χ2v) is 8.46. The summed E-state index contributed by atoms with van der Waals surface area (Å²) in [5.41, 5.74) is 1.66. The predicted molar refractivity (Wildman–Crippen MR) is 76.8 cm³/mol. The molecule has 2 aromatic rings. The first kappa shape index (κ1) is 14.7. The van der Waals surface area contributed by atoms with Crippen LogP contribution in [0.25, 0.3) is 0 Å². The number of nitrogens with one attached hydrogen (secondary N) is 1. The van der Waals surface area contributed by atoms with Crippen molar-refractivity contribution in [1.82, 2.24) is 9.71 Å². The van der Waals surface area contributed by atoms with E-state index in [1.54, 1.807) is 13.0 Å². The van der Waals surface area contributed by atoms with Gasteiger partial charge in [0.15, 0.2) is 0 Å². The van der Waals surface area contributed by atoms with Crippen LogP contribution in [-0.4, -0.2) is 13.4 Å². The van der Waals surface area contributed by atoms with Crippen molar-refractivity contribution in [3.05, 3.63) is 32.8 Å². The maximum Gasteiger partial charge on any atom is 0.250 e. The Hall–Kier alpha value is -0.700. The Morgan fingerprint density at radius 2 is 2.11 bits per heavy atom. The molecule has 2 heterocycles. The smallest absolute Gasteiger partial charge is 0.250 e. The molecule has 104 valence electrons. The number of hydrogen-bond donors (Lipinski definition) is 1. The highest BCUT2D eigenvalue weighted by Gasteiger charge is 2.19. The van der Waals surface area contributed by atoms with Gasteiger partial charge < -0.3 is 4.42 Å². The highest BCUT2D eigenvalue weighted by atomic mass is 79.9. The first-order valence-corrected chi connectivity index (χ1v) is 8.57. The maximum atomic E-state index is 12.1. The van der Waals surface area contributed by atoms with Gasteiger partial charge >= 0.3 is 0 Å². The number of nitrogens with zero attached hydrogens (tertiary/aromatic N) is 1. The number of hydrogen-bond acceptors (Lipinski definition) is 5. The Morgan fingerprint density at radius 3 is 2.58 bits per heavy atom. The van der Waals surface area contributed by atoms with Crippen molar-refractivity contribution >= 4 is 37.3 Å². The minimum Gasteiger partial charge on any atom is -0.444 e. The molecule has 19 heavy (non-hydrogen) atoms. The van der Waals surface area contributed by atoms with Gasteiger partial charge in [-0.05, 0) is 48.3 Å². The highest BCUT2D eigenvalue weighted by Crippen LogP contribution is 2.30. The quantitative estimate of drug-likeness (QED) is 0.904. The van der Waals surface area contributed by atoms with Crippen LogP contribution in [0, 0.1) is 20.8 Å². The maximum absolute atomic E-state index is 12.1. The van der Waals surface area contributed by atoms with Crippen molar-refractivity contribution in [2.24, 2.45) is 0 Å². The SMILES string of the molecule is Cc1cc(S(=O)(=O)NCc2nc(C)c(C)o2)sc1Br. The van der Waals surface area contributed by atoms with E-state index in [1.807, 2.05) is 13.8 Å². The van der Waals surface area contributed by atoms with Gasteiger partial charge in [-0.2, -0.15) is 0 Å². The van der Waals surface area contributed by atoms with Crippen molar-refractivity contribution in [1.29, 1.82) is 0 Å². The normalized spacial score (nSPS) is 12.0. The Bertz CT molecular complexity index is 665. The van der Waals surface area contributed by atoms with Crippen LogP contribution in [0.3, 0.4) is 0 Å². The van der Waals surface area contributed by atoms with Gasteiger partial charge in [0.05, 0.1) is 16.0 Å². The summed E-state index contributed by atoms with van der Waals surface area (Å²) < 4.78 is 33.0. The zero-order chi connectivity index (χ0) is 14.2. The van der Waals surface area contributed by atoms with Crippen molar-refractivity contribution in [3.63, 3.8) is 0 Å². The molecule has 0 aliphatic rings. The lowest BCUT2D eigenvalue weighted by Gasteiger charge is -2.01. The molecule has 0 aliphatic carbocycles. The van der Waals surface area contributed by atoms with Crippen molar-refractivity contribution in [3.8, 4) is 0 Å². The first-order chi connectivity index (χ1) is 8.79. The minimum atomic E-state index is -3.53. The van der Waals surface area contributed by atoms with E-state index in [2.05, 4.69) is 25.6 Å². The van der Waals surface area contributed by atoms with Crippen LogP contribution in [0.4, 0.5) is 0 Å². The average molecular weight is 365 g/mol. The first-order valence-electron chi connectivity index (χ1n) is 5.48. The van der Waals surface area contributed by atoms with Gasteiger partial charge in [-0.25, -0.2) is 18.1 Å². The molecular formula is C11H13BrN2O3S2. The Kier molecular flexibility index (Phi) is 4.14.